The number of nitrogens with zero attached hydrogens (tertiary/aromatic N) is 3. The minimum Gasteiger partial charge on any atom is -0.365 e. The molecule has 0 saturated heterocycles. The molecule has 0 fully saturated rings. The summed E-state index contributed by atoms with van der Waals surface area (Å²) >= 11 is 0. The van der Waals surface area contributed by atoms with E-state index in [-0.39, 0.29) is 17.8 Å². The lowest BCUT2D eigenvalue weighted by molar-refractivity contribution is -0.118. The molecule has 2 aromatic carbocycles. The van der Waals surface area contributed by atoms with Gasteiger partial charge in [0.25, 0.3) is 0 Å². The molecule has 0 radical (unpaired) electrons. The molecule has 0 unspecified atom stereocenters. The lowest BCUT2D eigenvalue weighted by atomic mass is 10.1. The van der Waals surface area contributed by atoms with Crippen molar-refractivity contribution in [2.45, 2.75) is 6.92 Å². The van der Waals surface area contributed by atoms with Gasteiger partial charge in [0.2, 0.25) is 5.91 Å². The highest BCUT2D eigenvalue weighted by molar-refractivity contribution is 5.90. The third-order valence-corrected chi connectivity index (χ3v) is 4.84. The Morgan fingerprint density at radius 3 is 2.59 bits per heavy atom. The standard InChI is InChI=1S/C22H22FN7O2/c1-13(31)25-9-10-26-20-21-27-12-19(14-3-6-16(7-4-14)28-22(32)24-2)30(21)18-11-15(23)5-8-17(18)29-20/h3-8,11-12H,9-10H2,1-2H3,(H,25,31)(H,26,29)(H2,24,28,32). The van der Waals surface area contributed by atoms with Gasteiger partial charge in [-0.15, -0.1) is 0 Å². The Kier molecular flexibility index (Phi) is 5.84. The van der Waals surface area contributed by atoms with E-state index in [2.05, 4.69) is 31.2 Å². The van der Waals surface area contributed by atoms with Crippen LogP contribution in [0.5, 0.6) is 0 Å². The van der Waals surface area contributed by atoms with Gasteiger partial charge in [0.05, 0.1) is 22.9 Å². The first-order valence-corrected chi connectivity index (χ1v) is 10.0. The van der Waals surface area contributed by atoms with Crippen molar-refractivity contribution in [3.8, 4) is 11.3 Å². The van der Waals surface area contributed by atoms with Gasteiger partial charge >= 0.3 is 6.03 Å². The normalized spacial score (nSPS) is 10.8. The smallest absolute Gasteiger partial charge is 0.318 e. The summed E-state index contributed by atoms with van der Waals surface area (Å²) in [5, 5.41) is 11.1. The number of carbonyl (C=O) groups excluding carboxylic acids is 2. The van der Waals surface area contributed by atoms with Gasteiger partial charge in [-0.1, -0.05) is 12.1 Å². The second-order valence-corrected chi connectivity index (χ2v) is 7.09. The molecular weight excluding hydrogens is 413 g/mol. The van der Waals surface area contributed by atoms with Crippen LogP contribution in [0.25, 0.3) is 27.9 Å². The summed E-state index contributed by atoms with van der Waals surface area (Å²) in [7, 11) is 1.54. The Hall–Kier alpha value is -4.21. The molecule has 4 rings (SSSR count). The van der Waals surface area contributed by atoms with Gasteiger partial charge in [-0.25, -0.2) is 19.2 Å². The molecule has 32 heavy (non-hydrogen) atoms. The van der Waals surface area contributed by atoms with Crippen molar-refractivity contribution >= 4 is 40.1 Å². The maximum atomic E-state index is 14.1. The van der Waals surface area contributed by atoms with E-state index in [1.54, 1.807) is 31.4 Å². The Morgan fingerprint density at radius 2 is 1.88 bits per heavy atom. The maximum Gasteiger partial charge on any atom is 0.318 e. The molecule has 0 aliphatic heterocycles. The zero-order valence-corrected chi connectivity index (χ0v) is 17.6. The SMILES string of the molecule is CNC(=O)Nc1ccc(-c2cnc3c(NCCNC(C)=O)nc4ccc(F)cc4n23)cc1. The average Bonchev–Trinajstić information content (AvgIpc) is 3.23. The second kappa shape index (κ2) is 8.88. The number of halogens is 1. The fourth-order valence-electron chi connectivity index (χ4n) is 3.36. The van der Waals surface area contributed by atoms with E-state index in [4.69, 9.17) is 0 Å². The number of benzene rings is 2. The highest BCUT2D eigenvalue weighted by Crippen LogP contribution is 2.29. The van der Waals surface area contributed by atoms with E-state index in [0.29, 0.717) is 41.3 Å². The zero-order valence-electron chi connectivity index (χ0n) is 17.6. The molecule has 0 aliphatic carbocycles. The fraction of sp³-hybridized carbons (Fsp3) is 0.182. The number of aromatic nitrogens is 3. The van der Waals surface area contributed by atoms with Gasteiger partial charge in [0.15, 0.2) is 11.5 Å². The molecule has 10 heteroatoms. The fourth-order valence-corrected chi connectivity index (χ4v) is 3.36. The molecule has 0 saturated carbocycles. The number of fused-ring (bicyclic) bond motifs is 3. The van der Waals surface area contributed by atoms with Crippen LogP contribution in [0.1, 0.15) is 6.92 Å². The van der Waals surface area contributed by atoms with E-state index < -0.39 is 0 Å². The molecule has 0 bridgehead atoms. The third-order valence-electron chi connectivity index (χ3n) is 4.84. The topological polar surface area (TPSA) is 112 Å². The van der Waals surface area contributed by atoms with Crippen LogP contribution in [0.2, 0.25) is 0 Å². The molecule has 4 N–H and O–H groups in total. The van der Waals surface area contributed by atoms with Crippen molar-refractivity contribution in [3.63, 3.8) is 0 Å². The molecule has 3 amide bonds. The van der Waals surface area contributed by atoms with Gasteiger partial charge < -0.3 is 21.3 Å². The number of imidazole rings is 1. The van der Waals surface area contributed by atoms with Crippen molar-refractivity contribution < 1.29 is 14.0 Å². The van der Waals surface area contributed by atoms with E-state index in [9.17, 15) is 14.0 Å². The van der Waals surface area contributed by atoms with E-state index >= 15 is 0 Å². The summed E-state index contributed by atoms with van der Waals surface area (Å²) < 4.78 is 15.9. The van der Waals surface area contributed by atoms with Crippen molar-refractivity contribution in [1.82, 2.24) is 25.0 Å². The van der Waals surface area contributed by atoms with Crippen LogP contribution >= 0.6 is 0 Å². The van der Waals surface area contributed by atoms with Gasteiger partial charge in [-0.3, -0.25) is 9.20 Å². The minimum atomic E-state index is -0.378. The molecule has 2 aromatic heterocycles. The molecule has 0 aliphatic rings. The lowest BCUT2D eigenvalue weighted by Crippen LogP contribution is -2.26. The molecule has 2 heterocycles. The van der Waals surface area contributed by atoms with Crippen LogP contribution in [0.4, 0.5) is 20.7 Å². The van der Waals surface area contributed by atoms with E-state index in [1.165, 1.54) is 19.1 Å². The van der Waals surface area contributed by atoms with Crippen LogP contribution in [0, 0.1) is 5.82 Å². The van der Waals surface area contributed by atoms with Gasteiger partial charge in [0, 0.05) is 44.4 Å². The second-order valence-electron chi connectivity index (χ2n) is 7.09. The van der Waals surface area contributed by atoms with Crippen LogP contribution in [0.3, 0.4) is 0 Å². The monoisotopic (exact) mass is 435 g/mol. The Balaban J connectivity index is 1.76. The van der Waals surface area contributed by atoms with Gasteiger partial charge in [-0.05, 0) is 24.3 Å². The quantitative estimate of drug-likeness (QED) is 0.348. The Morgan fingerprint density at radius 1 is 1.09 bits per heavy atom. The highest BCUT2D eigenvalue weighted by Gasteiger charge is 2.15. The summed E-state index contributed by atoms with van der Waals surface area (Å²) in [6, 6.07) is 11.3. The van der Waals surface area contributed by atoms with Crippen molar-refractivity contribution in [2.24, 2.45) is 0 Å². The average molecular weight is 435 g/mol. The number of hydrogen-bond donors (Lipinski definition) is 4. The van der Waals surface area contributed by atoms with Crippen molar-refractivity contribution in [2.75, 3.05) is 30.8 Å². The Labute approximate surface area is 183 Å². The van der Waals surface area contributed by atoms with Crippen LogP contribution in [-0.2, 0) is 4.79 Å². The number of nitrogens with one attached hydrogen (secondary N) is 4. The van der Waals surface area contributed by atoms with Crippen LogP contribution in [0.15, 0.2) is 48.7 Å². The number of anilines is 2. The molecule has 0 spiro atoms. The van der Waals surface area contributed by atoms with E-state index in [1.807, 2.05) is 16.5 Å². The summed E-state index contributed by atoms with van der Waals surface area (Å²) in [5.74, 6) is 0.0340. The first-order chi connectivity index (χ1) is 15.5. The Bertz CT molecular complexity index is 1300. The van der Waals surface area contributed by atoms with E-state index in [0.717, 1.165) is 11.3 Å². The van der Waals surface area contributed by atoms with Gasteiger partial charge in [0.1, 0.15) is 5.82 Å². The summed E-state index contributed by atoms with van der Waals surface area (Å²) in [5.41, 5.74) is 3.93. The third kappa shape index (κ3) is 4.29. The minimum absolute atomic E-state index is 0.114. The zero-order chi connectivity index (χ0) is 22.7. The molecule has 4 aromatic rings. The van der Waals surface area contributed by atoms with Crippen molar-refractivity contribution in [1.29, 1.82) is 0 Å². The maximum absolute atomic E-state index is 14.1. The number of hydrogen-bond acceptors (Lipinski definition) is 5. The summed E-state index contributed by atoms with van der Waals surface area (Å²) in [4.78, 5) is 31.7. The first-order valence-electron chi connectivity index (χ1n) is 10.0. The van der Waals surface area contributed by atoms with Crippen molar-refractivity contribution in [3.05, 3.63) is 54.5 Å². The number of amides is 3. The molecular formula is C22H22FN7O2. The molecule has 0 atom stereocenters. The van der Waals surface area contributed by atoms with Gasteiger partial charge in [-0.2, -0.15) is 0 Å². The molecule has 164 valence electrons. The summed E-state index contributed by atoms with van der Waals surface area (Å²) in [6.45, 7) is 2.34. The number of urea groups is 1. The van der Waals surface area contributed by atoms with Crippen LogP contribution in [-0.4, -0.2) is 46.4 Å². The highest BCUT2D eigenvalue weighted by atomic mass is 19.1. The van der Waals surface area contributed by atoms with Crippen LogP contribution < -0.4 is 21.3 Å². The largest absolute Gasteiger partial charge is 0.365 e. The number of rotatable bonds is 6. The predicted octanol–water partition coefficient (Wildman–Crippen LogP) is 2.99. The molecule has 9 nitrogen and oxygen atoms in total. The predicted molar refractivity (Wildman–Crippen MR) is 121 cm³/mol. The number of carbonyl (C=O) groups is 2. The lowest BCUT2D eigenvalue weighted by Gasteiger charge is -2.12. The summed E-state index contributed by atoms with van der Waals surface area (Å²) in [6.07, 6.45) is 1.70. The first kappa shape index (κ1) is 21.0.